The van der Waals surface area contributed by atoms with Crippen molar-refractivity contribution in [3.05, 3.63) is 47.8 Å². The highest BCUT2D eigenvalue weighted by molar-refractivity contribution is 5.96. The number of nitrogens with one attached hydrogen (secondary N) is 2. The lowest BCUT2D eigenvalue weighted by atomic mass is 10.0. The van der Waals surface area contributed by atoms with Crippen molar-refractivity contribution < 1.29 is 0 Å². The molecule has 114 valence electrons. The van der Waals surface area contributed by atoms with Crippen LogP contribution in [0.3, 0.4) is 0 Å². The third-order valence-electron chi connectivity index (χ3n) is 3.77. The van der Waals surface area contributed by atoms with E-state index in [1.807, 2.05) is 24.4 Å². The van der Waals surface area contributed by atoms with E-state index in [2.05, 4.69) is 42.8 Å². The quantitative estimate of drug-likeness (QED) is 0.684. The summed E-state index contributed by atoms with van der Waals surface area (Å²) in [5.41, 5.74) is 10.9. The lowest BCUT2D eigenvalue weighted by Gasteiger charge is -2.11. The lowest BCUT2D eigenvalue weighted by molar-refractivity contribution is 0.911. The van der Waals surface area contributed by atoms with Gasteiger partial charge in [-0.3, -0.25) is 4.99 Å². The first-order valence-electron chi connectivity index (χ1n) is 7.28. The van der Waals surface area contributed by atoms with Gasteiger partial charge in [-0.1, -0.05) is 12.1 Å². The van der Waals surface area contributed by atoms with Crippen LogP contribution < -0.4 is 11.1 Å². The van der Waals surface area contributed by atoms with E-state index >= 15 is 0 Å². The molecule has 0 radical (unpaired) electrons. The van der Waals surface area contributed by atoms with Crippen LogP contribution in [0.2, 0.25) is 0 Å². The van der Waals surface area contributed by atoms with Gasteiger partial charge in [0.25, 0.3) is 0 Å². The Bertz CT molecular complexity index is 910. The predicted octanol–water partition coefficient (Wildman–Crippen LogP) is 2.01. The van der Waals surface area contributed by atoms with Crippen LogP contribution >= 0.6 is 0 Å². The maximum Gasteiger partial charge on any atom is 0.126 e. The molecular weight excluding hydrogens is 290 g/mol. The number of aliphatic imine (C=N–C) groups is 1. The Morgan fingerprint density at radius 2 is 2.22 bits per heavy atom. The van der Waals surface area contributed by atoms with Crippen molar-refractivity contribution in [2.75, 3.05) is 17.6 Å². The van der Waals surface area contributed by atoms with Crippen LogP contribution in [0, 0.1) is 0 Å². The molecule has 1 aromatic carbocycles. The monoisotopic (exact) mass is 305 g/mol. The molecule has 0 aliphatic carbocycles. The topological polar surface area (TPSA) is 105 Å². The summed E-state index contributed by atoms with van der Waals surface area (Å²) in [4.78, 5) is 8.67. The predicted molar refractivity (Wildman–Crippen MR) is 91.2 cm³/mol. The molecular formula is C16H15N7. The summed E-state index contributed by atoms with van der Waals surface area (Å²) in [5, 5.41) is 14.8. The number of anilines is 2. The van der Waals surface area contributed by atoms with Gasteiger partial charge in [0.05, 0.1) is 24.8 Å². The zero-order valence-electron chi connectivity index (χ0n) is 12.3. The highest BCUT2D eigenvalue weighted by Gasteiger charge is 2.09. The van der Waals surface area contributed by atoms with Gasteiger partial charge in [0.2, 0.25) is 0 Å². The number of aromatic amines is 1. The third-order valence-corrected chi connectivity index (χ3v) is 3.77. The van der Waals surface area contributed by atoms with E-state index in [1.165, 1.54) is 5.57 Å². The molecule has 7 heteroatoms. The average molecular weight is 305 g/mol. The molecule has 0 atom stereocenters. The first kappa shape index (κ1) is 13.4. The van der Waals surface area contributed by atoms with Crippen molar-refractivity contribution in [2.45, 2.75) is 6.54 Å². The first-order chi connectivity index (χ1) is 11.3. The Morgan fingerprint density at radius 1 is 1.26 bits per heavy atom. The van der Waals surface area contributed by atoms with Crippen molar-refractivity contribution in [1.82, 2.24) is 20.4 Å². The fourth-order valence-electron chi connectivity index (χ4n) is 2.63. The van der Waals surface area contributed by atoms with Gasteiger partial charge in [-0.15, -0.1) is 0 Å². The molecule has 3 heterocycles. The molecule has 2 aromatic heterocycles. The smallest absolute Gasteiger partial charge is 0.126 e. The Balaban J connectivity index is 1.70. The largest absolute Gasteiger partial charge is 0.384 e. The second kappa shape index (κ2) is 5.53. The van der Waals surface area contributed by atoms with E-state index < -0.39 is 0 Å². The number of nitrogen functional groups attached to an aromatic ring is 1. The molecule has 0 amide bonds. The number of rotatable bonds is 4. The van der Waals surface area contributed by atoms with Gasteiger partial charge >= 0.3 is 0 Å². The summed E-state index contributed by atoms with van der Waals surface area (Å²) in [6.45, 7) is 1.28. The number of nitrogens with zero attached hydrogens (tertiary/aromatic N) is 4. The fraction of sp³-hybridized carbons (Fsp3) is 0.125. The number of hydrogen-bond donors (Lipinski definition) is 3. The Kier molecular flexibility index (Phi) is 3.23. The van der Waals surface area contributed by atoms with Gasteiger partial charge in [-0.05, 0) is 23.3 Å². The van der Waals surface area contributed by atoms with Crippen LogP contribution in [0.15, 0.2) is 41.5 Å². The van der Waals surface area contributed by atoms with Crippen molar-refractivity contribution in [3.8, 4) is 0 Å². The highest BCUT2D eigenvalue weighted by atomic mass is 15.3. The second-order valence-corrected chi connectivity index (χ2v) is 5.32. The standard InChI is InChI=1S/C16H15N7/c17-16-6-14(19-8-12-9-20-23-22-12)13-2-1-10(5-15(13)21-16)11-3-4-18-7-11/h1-6,9H,7-8H2,(H3,17,19,21)(H,20,22,23). The van der Waals surface area contributed by atoms with E-state index in [0.29, 0.717) is 18.9 Å². The number of pyridine rings is 1. The molecule has 4 N–H and O–H groups in total. The van der Waals surface area contributed by atoms with E-state index in [9.17, 15) is 0 Å². The molecule has 7 nitrogen and oxygen atoms in total. The van der Waals surface area contributed by atoms with Crippen LogP contribution in [0.25, 0.3) is 16.5 Å². The van der Waals surface area contributed by atoms with E-state index in [1.54, 1.807) is 6.20 Å². The molecule has 1 aliphatic heterocycles. The number of fused-ring (bicyclic) bond motifs is 1. The first-order valence-corrected chi connectivity index (χ1v) is 7.28. The summed E-state index contributed by atoms with van der Waals surface area (Å²) in [7, 11) is 0. The van der Waals surface area contributed by atoms with E-state index in [0.717, 1.165) is 27.8 Å². The van der Waals surface area contributed by atoms with Crippen molar-refractivity contribution in [2.24, 2.45) is 4.99 Å². The molecule has 0 spiro atoms. The molecule has 0 saturated carbocycles. The number of aromatic nitrogens is 4. The minimum Gasteiger partial charge on any atom is -0.384 e. The average Bonchev–Trinajstić information content (AvgIpc) is 3.25. The fourth-order valence-corrected chi connectivity index (χ4v) is 2.63. The van der Waals surface area contributed by atoms with Crippen LogP contribution in [-0.2, 0) is 6.54 Å². The molecule has 0 bridgehead atoms. The normalized spacial score (nSPS) is 13.5. The van der Waals surface area contributed by atoms with Crippen LogP contribution in [0.4, 0.5) is 11.5 Å². The van der Waals surface area contributed by atoms with Crippen molar-refractivity contribution >= 4 is 34.2 Å². The van der Waals surface area contributed by atoms with E-state index in [4.69, 9.17) is 5.73 Å². The van der Waals surface area contributed by atoms with Crippen LogP contribution in [0.1, 0.15) is 11.3 Å². The number of benzene rings is 1. The zero-order valence-corrected chi connectivity index (χ0v) is 12.3. The maximum absolute atomic E-state index is 5.95. The van der Waals surface area contributed by atoms with Crippen molar-refractivity contribution in [3.63, 3.8) is 0 Å². The number of hydrogen-bond acceptors (Lipinski definition) is 6. The molecule has 3 aromatic rings. The molecule has 0 unspecified atom stereocenters. The molecule has 23 heavy (non-hydrogen) atoms. The molecule has 0 fully saturated rings. The Hall–Kier alpha value is -3.22. The van der Waals surface area contributed by atoms with Gasteiger partial charge in [-0.25, -0.2) is 4.98 Å². The van der Waals surface area contributed by atoms with Gasteiger partial charge in [0, 0.05) is 23.4 Å². The van der Waals surface area contributed by atoms with E-state index in [-0.39, 0.29) is 0 Å². The summed E-state index contributed by atoms with van der Waals surface area (Å²) in [5.74, 6) is 0.481. The summed E-state index contributed by atoms with van der Waals surface area (Å²) in [6, 6.07) is 8.02. The Morgan fingerprint density at radius 3 is 3.00 bits per heavy atom. The molecule has 1 aliphatic rings. The number of H-pyrrole nitrogens is 1. The zero-order chi connectivity index (χ0) is 15.6. The number of allylic oxidation sites excluding steroid dienone is 1. The van der Waals surface area contributed by atoms with Gasteiger partial charge in [-0.2, -0.15) is 15.4 Å². The summed E-state index contributed by atoms with van der Waals surface area (Å²) in [6.07, 6.45) is 5.54. The minimum absolute atomic E-state index is 0.481. The van der Waals surface area contributed by atoms with Crippen molar-refractivity contribution in [1.29, 1.82) is 0 Å². The summed E-state index contributed by atoms with van der Waals surface area (Å²) >= 11 is 0. The van der Waals surface area contributed by atoms with Gasteiger partial charge in [0.1, 0.15) is 11.5 Å². The third kappa shape index (κ3) is 2.64. The number of nitrogens with two attached hydrogens (primary N) is 1. The van der Waals surface area contributed by atoms with Crippen LogP contribution in [-0.4, -0.2) is 33.2 Å². The van der Waals surface area contributed by atoms with Crippen LogP contribution in [0.5, 0.6) is 0 Å². The Labute approximate surface area is 132 Å². The lowest BCUT2D eigenvalue weighted by Crippen LogP contribution is -2.03. The maximum atomic E-state index is 5.95. The molecule has 4 rings (SSSR count). The second-order valence-electron chi connectivity index (χ2n) is 5.32. The SMILES string of the molecule is Nc1cc(NCc2cn[nH]n2)c2ccc(C3=CC=NC3)cc2n1. The van der Waals surface area contributed by atoms with Gasteiger partial charge in [0.15, 0.2) is 0 Å². The van der Waals surface area contributed by atoms with Gasteiger partial charge < -0.3 is 11.1 Å². The highest BCUT2D eigenvalue weighted by Crippen LogP contribution is 2.28. The summed E-state index contributed by atoms with van der Waals surface area (Å²) < 4.78 is 0. The minimum atomic E-state index is 0.481. The molecule has 0 saturated heterocycles.